The molecule has 1 atom stereocenters. The van der Waals surface area contributed by atoms with Crippen molar-refractivity contribution in [3.63, 3.8) is 0 Å². The molecule has 1 saturated heterocycles. The maximum atomic E-state index is 12.0. The van der Waals surface area contributed by atoms with Gasteiger partial charge in [0, 0.05) is 18.9 Å². The highest BCUT2D eigenvalue weighted by molar-refractivity contribution is 7.88. The summed E-state index contributed by atoms with van der Waals surface area (Å²) >= 11 is 0. The third kappa shape index (κ3) is 2.82. The molecule has 18 heavy (non-hydrogen) atoms. The smallest absolute Gasteiger partial charge is 0.247 e. The predicted octanol–water partition coefficient (Wildman–Crippen LogP) is -0.560. The molecule has 2 rings (SSSR count). The quantitative estimate of drug-likeness (QED) is 0.794. The van der Waals surface area contributed by atoms with Gasteiger partial charge in [0.1, 0.15) is 6.04 Å². The Bertz CT molecular complexity index is 555. The van der Waals surface area contributed by atoms with Crippen molar-refractivity contribution in [2.24, 2.45) is 0 Å². The maximum Gasteiger partial charge on any atom is 0.247 e. The number of rotatable bonds is 3. The Morgan fingerprint density at radius 1 is 1.39 bits per heavy atom. The van der Waals surface area contributed by atoms with Crippen molar-refractivity contribution in [1.82, 2.24) is 14.7 Å². The summed E-state index contributed by atoms with van der Waals surface area (Å²) < 4.78 is 24.5. The zero-order chi connectivity index (χ0) is 13.3. The zero-order valence-corrected chi connectivity index (χ0v) is 10.9. The lowest BCUT2D eigenvalue weighted by Gasteiger charge is -2.14. The van der Waals surface area contributed by atoms with Crippen LogP contribution in [0.3, 0.4) is 0 Å². The monoisotopic (exact) mass is 270 g/mol. The van der Waals surface area contributed by atoms with E-state index in [-0.39, 0.29) is 5.91 Å². The van der Waals surface area contributed by atoms with E-state index in [1.165, 1.54) is 4.90 Å². The van der Waals surface area contributed by atoms with Gasteiger partial charge in [-0.25, -0.2) is 23.1 Å². The van der Waals surface area contributed by atoms with Crippen LogP contribution in [0.4, 0.5) is 5.95 Å². The molecule has 1 aromatic heterocycles. The number of sulfonamides is 1. The van der Waals surface area contributed by atoms with Gasteiger partial charge in [0.05, 0.1) is 6.26 Å². The summed E-state index contributed by atoms with van der Waals surface area (Å²) in [7, 11) is -3.39. The van der Waals surface area contributed by atoms with Gasteiger partial charge < -0.3 is 0 Å². The lowest BCUT2D eigenvalue weighted by Crippen LogP contribution is -2.41. The van der Waals surface area contributed by atoms with E-state index in [9.17, 15) is 13.2 Å². The van der Waals surface area contributed by atoms with E-state index < -0.39 is 16.1 Å². The second kappa shape index (κ2) is 4.62. The van der Waals surface area contributed by atoms with Gasteiger partial charge in [-0.1, -0.05) is 0 Å². The SMILES string of the molecule is Cc1cnc(N2CCC(NS(C)(=O)=O)C2=O)nc1. The number of carbonyl (C=O) groups excluding carboxylic acids is 1. The van der Waals surface area contributed by atoms with E-state index in [1.807, 2.05) is 6.92 Å². The number of carbonyl (C=O) groups is 1. The first-order valence-electron chi connectivity index (χ1n) is 5.44. The summed E-state index contributed by atoms with van der Waals surface area (Å²) in [4.78, 5) is 21.5. The number of aryl methyl sites for hydroxylation is 1. The molecule has 0 aliphatic carbocycles. The minimum atomic E-state index is -3.39. The number of anilines is 1. The summed E-state index contributed by atoms with van der Waals surface area (Å²) in [6.45, 7) is 2.26. The van der Waals surface area contributed by atoms with Crippen molar-refractivity contribution in [2.75, 3.05) is 17.7 Å². The van der Waals surface area contributed by atoms with E-state index >= 15 is 0 Å². The molecule has 1 aliphatic rings. The maximum absolute atomic E-state index is 12.0. The molecule has 0 spiro atoms. The highest BCUT2D eigenvalue weighted by atomic mass is 32.2. The van der Waals surface area contributed by atoms with Crippen LogP contribution in [0.5, 0.6) is 0 Å². The van der Waals surface area contributed by atoms with Gasteiger partial charge in [-0.15, -0.1) is 0 Å². The van der Waals surface area contributed by atoms with Crippen LogP contribution in [0.1, 0.15) is 12.0 Å². The molecule has 98 valence electrons. The predicted molar refractivity (Wildman–Crippen MR) is 65.5 cm³/mol. The second-order valence-corrected chi connectivity index (χ2v) is 6.06. The first kappa shape index (κ1) is 12.9. The lowest BCUT2D eigenvalue weighted by atomic mass is 10.3. The van der Waals surface area contributed by atoms with E-state index in [2.05, 4.69) is 14.7 Å². The van der Waals surface area contributed by atoms with Crippen molar-refractivity contribution in [3.8, 4) is 0 Å². The summed E-state index contributed by atoms with van der Waals surface area (Å²) in [5.41, 5.74) is 0.899. The average Bonchev–Trinajstić information content (AvgIpc) is 2.60. The molecule has 1 aliphatic heterocycles. The van der Waals surface area contributed by atoms with Gasteiger partial charge >= 0.3 is 0 Å². The highest BCUT2D eigenvalue weighted by Gasteiger charge is 2.35. The van der Waals surface area contributed by atoms with Crippen LogP contribution in [0, 0.1) is 6.92 Å². The summed E-state index contributed by atoms with van der Waals surface area (Å²) in [5, 5.41) is 0. The van der Waals surface area contributed by atoms with Crippen molar-refractivity contribution in [2.45, 2.75) is 19.4 Å². The van der Waals surface area contributed by atoms with Crippen molar-refractivity contribution < 1.29 is 13.2 Å². The Labute approximate surface area is 105 Å². The molecule has 0 aromatic carbocycles. The molecule has 0 radical (unpaired) electrons. The van der Waals surface area contributed by atoms with Gasteiger partial charge in [0.25, 0.3) is 0 Å². The molecule has 1 unspecified atom stereocenters. The number of nitrogens with zero attached hydrogens (tertiary/aromatic N) is 3. The Morgan fingerprint density at radius 2 is 2.00 bits per heavy atom. The molecule has 1 aromatic rings. The molecule has 1 amide bonds. The number of aromatic nitrogens is 2. The Hall–Kier alpha value is -1.54. The number of hydrogen-bond acceptors (Lipinski definition) is 5. The molecule has 7 nitrogen and oxygen atoms in total. The molecule has 1 fully saturated rings. The fourth-order valence-electron chi connectivity index (χ4n) is 1.77. The van der Waals surface area contributed by atoms with Crippen LogP contribution in [0.25, 0.3) is 0 Å². The molecule has 1 N–H and O–H groups in total. The molecular formula is C10H14N4O3S. The van der Waals surface area contributed by atoms with E-state index in [0.717, 1.165) is 11.8 Å². The molecule has 0 bridgehead atoms. The van der Waals surface area contributed by atoms with Crippen LogP contribution in [-0.2, 0) is 14.8 Å². The van der Waals surface area contributed by atoms with Crippen LogP contribution < -0.4 is 9.62 Å². The average molecular weight is 270 g/mol. The van der Waals surface area contributed by atoms with E-state index in [0.29, 0.717) is 18.9 Å². The minimum absolute atomic E-state index is 0.309. The van der Waals surface area contributed by atoms with Crippen molar-refractivity contribution >= 4 is 21.9 Å². The topological polar surface area (TPSA) is 92.3 Å². The standard InChI is InChI=1S/C10H14N4O3S/c1-7-5-11-10(12-6-7)14-4-3-8(9(14)15)13-18(2,16)17/h5-6,8,13H,3-4H2,1-2H3. The normalized spacial score (nSPS) is 20.4. The number of amides is 1. The van der Waals surface area contributed by atoms with Crippen LogP contribution in [0.15, 0.2) is 12.4 Å². The zero-order valence-electron chi connectivity index (χ0n) is 10.1. The first-order chi connectivity index (χ1) is 8.37. The van der Waals surface area contributed by atoms with Gasteiger partial charge in [0.15, 0.2) is 0 Å². The molecule has 8 heteroatoms. The fourth-order valence-corrected chi connectivity index (χ4v) is 2.51. The summed E-state index contributed by atoms with van der Waals surface area (Å²) in [5.74, 6) is -0.00678. The summed E-state index contributed by atoms with van der Waals surface area (Å²) in [6.07, 6.45) is 4.69. The van der Waals surface area contributed by atoms with Crippen LogP contribution in [-0.4, -0.2) is 43.1 Å². The third-order valence-corrected chi connectivity index (χ3v) is 3.28. The lowest BCUT2D eigenvalue weighted by molar-refractivity contribution is -0.118. The minimum Gasteiger partial charge on any atom is -0.279 e. The summed E-state index contributed by atoms with van der Waals surface area (Å²) in [6, 6.07) is -0.718. The number of nitrogens with one attached hydrogen (secondary N) is 1. The Balaban J connectivity index is 2.14. The largest absolute Gasteiger partial charge is 0.279 e. The first-order valence-corrected chi connectivity index (χ1v) is 7.33. The molecule has 0 saturated carbocycles. The van der Waals surface area contributed by atoms with E-state index in [1.54, 1.807) is 12.4 Å². The van der Waals surface area contributed by atoms with Crippen molar-refractivity contribution in [3.05, 3.63) is 18.0 Å². The highest BCUT2D eigenvalue weighted by Crippen LogP contribution is 2.17. The Kier molecular flexibility index (Phi) is 3.31. The van der Waals surface area contributed by atoms with Gasteiger partial charge in [0.2, 0.25) is 21.9 Å². The van der Waals surface area contributed by atoms with Gasteiger partial charge in [-0.05, 0) is 18.9 Å². The Morgan fingerprint density at radius 3 is 2.56 bits per heavy atom. The van der Waals surface area contributed by atoms with Gasteiger partial charge in [-0.2, -0.15) is 0 Å². The fraction of sp³-hybridized carbons (Fsp3) is 0.500. The molecular weight excluding hydrogens is 256 g/mol. The molecule has 2 heterocycles. The van der Waals surface area contributed by atoms with Crippen LogP contribution >= 0.6 is 0 Å². The number of hydrogen-bond donors (Lipinski definition) is 1. The second-order valence-electron chi connectivity index (χ2n) is 4.28. The van der Waals surface area contributed by atoms with Crippen LogP contribution in [0.2, 0.25) is 0 Å². The van der Waals surface area contributed by atoms with Crippen molar-refractivity contribution in [1.29, 1.82) is 0 Å². The van der Waals surface area contributed by atoms with Gasteiger partial charge in [-0.3, -0.25) is 9.69 Å². The third-order valence-electron chi connectivity index (χ3n) is 2.57. The van der Waals surface area contributed by atoms with E-state index in [4.69, 9.17) is 0 Å².